The SMILES string of the molecule is Nc1ncc(-c2nc(N3CCOCC3)nc(N[C@@]3(CO)CCCN(C(=O)C4(F)CC4)C3)c2F)cn1. The van der Waals surface area contributed by atoms with E-state index in [0.717, 1.165) is 0 Å². The van der Waals surface area contributed by atoms with Gasteiger partial charge in [0.15, 0.2) is 17.3 Å². The molecule has 1 aliphatic carbocycles. The molecule has 3 aliphatic rings. The second kappa shape index (κ2) is 9.11. The number of carbonyl (C=O) groups excluding carboxylic acids is 1. The van der Waals surface area contributed by atoms with Gasteiger partial charge >= 0.3 is 0 Å². The summed E-state index contributed by atoms with van der Waals surface area (Å²) in [6.07, 6.45) is 4.14. The molecular weight excluding hydrogens is 462 g/mol. The third-order valence-electron chi connectivity index (χ3n) is 6.70. The first-order valence-corrected chi connectivity index (χ1v) is 11.7. The van der Waals surface area contributed by atoms with Crippen molar-refractivity contribution in [3.8, 4) is 11.3 Å². The minimum atomic E-state index is -1.81. The summed E-state index contributed by atoms with van der Waals surface area (Å²) >= 11 is 0. The Morgan fingerprint density at radius 2 is 1.89 bits per heavy atom. The third-order valence-corrected chi connectivity index (χ3v) is 6.70. The first-order chi connectivity index (χ1) is 16.8. The van der Waals surface area contributed by atoms with Gasteiger partial charge in [0.2, 0.25) is 11.9 Å². The Morgan fingerprint density at radius 3 is 2.54 bits per heavy atom. The van der Waals surface area contributed by atoms with Gasteiger partial charge in [-0.15, -0.1) is 0 Å². The van der Waals surface area contributed by atoms with Gasteiger partial charge in [-0.1, -0.05) is 0 Å². The van der Waals surface area contributed by atoms with Crippen LogP contribution in [0.15, 0.2) is 12.4 Å². The summed E-state index contributed by atoms with van der Waals surface area (Å²) in [5.41, 5.74) is 2.96. The minimum absolute atomic E-state index is 0.0264. The zero-order valence-electron chi connectivity index (χ0n) is 19.2. The van der Waals surface area contributed by atoms with Gasteiger partial charge in [-0.25, -0.2) is 23.7 Å². The second-order valence-corrected chi connectivity index (χ2v) is 9.32. The first-order valence-electron chi connectivity index (χ1n) is 11.7. The summed E-state index contributed by atoms with van der Waals surface area (Å²) in [7, 11) is 0. The molecule has 2 aromatic rings. The van der Waals surface area contributed by atoms with Gasteiger partial charge in [0, 0.05) is 44.1 Å². The van der Waals surface area contributed by atoms with E-state index in [2.05, 4.69) is 25.3 Å². The maximum absolute atomic E-state index is 15.8. The lowest BCUT2D eigenvalue weighted by atomic mass is 9.89. The van der Waals surface area contributed by atoms with Crippen LogP contribution < -0.4 is 16.0 Å². The number of aliphatic hydroxyl groups is 1. The number of piperidine rings is 1. The van der Waals surface area contributed by atoms with Gasteiger partial charge in [0.1, 0.15) is 5.69 Å². The van der Waals surface area contributed by atoms with Crippen LogP contribution in [0.1, 0.15) is 25.7 Å². The highest BCUT2D eigenvalue weighted by Crippen LogP contribution is 2.42. The van der Waals surface area contributed by atoms with E-state index in [1.165, 1.54) is 17.3 Å². The molecule has 2 aliphatic heterocycles. The number of anilines is 3. The van der Waals surface area contributed by atoms with Crippen molar-refractivity contribution in [2.24, 2.45) is 0 Å². The lowest BCUT2D eigenvalue weighted by Crippen LogP contribution is -2.58. The molecular formula is C22H28F2N8O3. The number of alkyl halides is 1. The molecule has 0 radical (unpaired) electrons. The number of hydrogen-bond donors (Lipinski definition) is 3. The Balaban J connectivity index is 1.50. The molecule has 1 atom stereocenters. The Bertz CT molecular complexity index is 1090. The van der Waals surface area contributed by atoms with Crippen LogP contribution >= 0.6 is 0 Å². The van der Waals surface area contributed by atoms with E-state index in [4.69, 9.17) is 10.5 Å². The zero-order valence-corrected chi connectivity index (χ0v) is 19.2. The number of halogens is 2. The summed E-state index contributed by atoms with van der Waals surface area (Å²) in [6, 6.07) is 0. The molecule has 13 heteroatoms. The molecule has 0 bridgehead atoms. The number of morpholine rings is 1. The first kappa shape index (κ1) is 23.5. The average molecular weight is 491 g/mol. The molecule has 1 amide bonds. The smallest absolute Gasteiger partial charge is 0.260 e. The molecule has 3 fully saturated rings. The van der Waals surface area contributed by atoms with Crippen LogP contribution in [0.25, 0.3) is 11.3 Å². The normalized spacial score (nSPS) is 23.7. The quantitative estimate of drug-likeness (QED) is 0.531. The van der Waals surface area contributed by atoms with Gasteiger partial charge in [-0.2, -0.15) is 4.98 Å². The molecule has 2 saturated heterocycles. The molecule has 0 aromatic carbocycles. The fourth-order valence-electron chi connectivity index (χ4n) is 4.51. The Labute approximate surface area is 200 Å². The third kappa shape index (κ3) is 4.69. The molecule has 1 saturated carbocycles. The van der Waals surface area contributed by atoms with Gasteiger partial charge in [0.05, 0.1) is 25.4 Å². The Morgan fingerprint density at radius 1 is 1.17 bits per heavy atom. The van der Waals surface area contributed by atoms with E-state index < -0.39 is 29.5 Å². The van der Waals surface area contributed by atoms with E-state index in [1.54, 1.807) is 0 Å². The van der Waals surface area contributed by atoms with Crippen LogP contribution in [-0.2, 0) is 9.53 Å². The molecule has 5 rings (SSSR count). The predicted octanol–water partition coefficient (Wildman–Crippen LogP) is 0.759. The van der Waals surface area contributed by atoms with E-state index in [1.807, 2.05) is 4.90 Å². The van der Waals surface area contributed by atoms with Crippen LogP contribution in [0, 0.1) is 5.82 Å². The number of hydrogen-bond acceptors (Lipinski definition) is 10. The molecule has 0 unspecified atom stereocenters. The Kier molecular flexibility index (Phi) is 6.13. The number of amides is 1. The largest absolute Gasteiger partial charge is 0.394 e. The number of likely N-dealkylation sites (tertiary alicyclic amines) is 1. The van der Waals surface area contributed by atoms with Crippen molar-refractivity contribution in [1.82, 2.24) is 24.8 Å². The van der Waals surface area contributed by atoms with E-state index in [9.17, 15) is 14.3 Å². The van der Waals surface area contributed by atoms with Crippen LogP contribution in [0.5, 0.6) is 0 Å². The molecule has 35 heavy (non-hydrogen) atoms. The summed E-state index contributed by atoms with van der Waals surface area (Å²) in [5, 5.41) is 13.4. The molecule has 2 aromatic heterocycles. The van der Waals surface area contributed by atoms with Gasteiger partial charge in [-0.3, -0.25) is 4.79 Å². The number of aliphatic hydroxyl groups excluding tert-OH is 1. The summed E-state index contributed by atoms with van der Waals surface area (Å²) in [4.78, 5) is 32.7. The number of aromatic nitrogens is 4. The summed E-state index contributed by atoms with van der Waals surface area (Å²) in [6.45, 7) is 2.02. The number of nitrogen functional groups attached to an aromatic ring is 1. The van der Waals surface area contributed by atoms with Crippen molar-refractivity contribution in [1.29, 1.82) is 0 Å². The highest BCUT2D eigenvalue weighted by Gasteiger charge is 2.54. The van der Waals surface area contributed by atoms with E-state index in [0.29, 0.717) is 51.3 Å². The minimum Gasteiger partial charge on any atom is -0.394 e. The van der Waals surface area contributed by atoms with Gasteiger partial charge < -0.3 is 30.7 Å². The number of ether oxygens (including phenoxy) is 1. The van der Waals surface area contributed by atoms with Crippen molar-refractivity contribution in [3.05, 3.63) is 18.2 Å². The van der Waals surface area contributed by atoms with Crippen LogP contribution in [0.3, 0.4) is 0 Å². The van der Waals surface area contributed by atoms with Gasteiger partial charge in [-0.05, 0) is 25.7 Å². The van der Waals surface area contributed by atoms with Gasteiger partial charge in [0.25, 0.3) is 5.91 Å². The van der Waals surface area contributed by atoms with Crippen LogP contribution in [0.4, 0.5) is 26.5 Å². The van der Waals surface area contributed by atoms with Crippen molar-refractivity contribution in [2.45, 2.75) is 36.9 Å². The fraction of sp³-hybridized carbons (Fsp3) is 0.591. The van der Waals surface area contributed by atoms with Crippen molar-refractivity contribution >= 4 is 23.6 Å². The molecule has 4 N–H and O–H groups in total. The zero-order chi connectivity index (χ0) is 24.6. The number of rotatable bonds is 6. The molecule has 11 nitrogen and oxygen atoms in total. The lowest BCUT2D eigenvalue weighted by molar-refractivity contribution is -0.140. The molecule has 4 heterocycles. The van der Waals surface area contributed by atoms with Crippen LogP contribution in [-0.4, -0.2) is 93.1 Å². The highest BCUT2D eigenvalue weighted by molar-refractivity contribution is 5.88. The van der Waals surface area contributed by atoms with Crippen molar-refractivity contribution < 1.29 is 23.4 Å². The molecule has 188 valence electrons. The Hall–Kier alpha value is -3.19. The predicted molar refractivity (Wildman–Crippen MR) is 123 cm³/mol. The number of carbonyl (C=O) groups is 1. The maximum Gasteiger partial charge on any atom is 0.260 e. The maximum atomic E-state index is 15.8. The van der Waals surface area contributed by atoms with Crippen molar-refractivity contribution in [3.63, 3.8) is 0 Å². The highest BCUT2D eigenvalue weighted by atomic mass is 19.1. The summed E-state index contributed by atoms with van der Waals surface area (Å²) in [5.74, 6) is -1.13. The summed E-state index contributed by atoms with van der Waals surface area (Å²) < 4.78 is 35.6. The number of nitrogens with zero attached hydrogens (tertiary/aromatic N) is 6. The average Bonchev–Trinajstić information content (AvgIpc) is 3.64. The number of nitrogens with two attached hydrogens (primary N) is 1. The second-order valence-electron chi connectivity index (χ2n) is 9.32. The van der Waals surface area contributed by atoms with E-state index >= 15 is 4.39 Å². The fourth-order valence-corrected chi connectivity index (χ4v) is 4.51. The van der Waals surface area contributed by atoms with E-state index in [-0.39, 0.29) is 42.8 Å². The lowest BCUT2D eigenvalue weighted by Gasteiger charge is -2.43. The van der Waals surface area contributed by atoms with Crippen molar-refractivity contribution in [2.75, 3.05) is 62.0 Å². The topological polar surface area (TPSA) is 143 Å². The molecule has 0 spiro atoms. The van der Waals surface area contributed by atoms with Crippen LogP contribution in [0.2, 0.25) is 0 Å². The monoisotopic (exact) mass is 490 g/mol. The standard InChI is InChI=1S/C22H28F2N8O3/c23-15-16(14-10-26-19(25)27-11-14)28-20(31-6-8-35-9-7-31)29-17(15)30-21(13-33)2-1-5-32(12-21)18(34)22(24)3-4-22/h10-11,33H,1-9,12-13H2,(H2,25,26,27)(H,28,29,30)/t21-/m0/s1. The number of nitrogens with one attached hydrogen (secondary N) is 1.